The van der Waals surface area contributed by atoms with Gasteiger partial charge >= 0.3 is 12.2 Å². The van der Waals surface area contributed by atoms with Crippen LogP contribution >= 0.6 is 0 Å². The molecule has 232 valence electrons. The first-order chi connectivity index (χ1) is 21.9. The Morgan fingerprint density at radius 3 is 1.82 bits per heavy atom. The zero-order chi connectivity index (χ0) is 31.3. The quantitative estimate of drug-likeness (QED) is 0.272. The van der Waals surface area contributed by atoms with Gasteiger partial charge in [-0.05, 0) is 41.6 Å². The van der Waals surface area contributed by atoms with Crippen LogP contribution < -0.4 is 14.5 Å². The summed E-state index contributed by atoms with van der Waals surface area (Å²) in [5.41, 5.74) is 1.50. The fraction of sp³-hybridized carbons (Fsp3) is 0.207. The number of carbonyl (C=O) groups excluding carboxylic acids is 2. The van der Waals surface area contributed by atoms with E-state index in [2.05, 4.69) is 19.6 Å². The van der Waals surface area contributed by atoms with Crippen molar-refractivity contribution in [3.05, 3.63) is 97.8 Å². The van der Waals surface area contributed by atoms with Crippen molar-refractivity contribution < 1.29 is 42.2 Å². The molecule has 7 rings (SSSR count). The molecule has 0 saturated carbocycles. The molecule has 2 amide bonds. The van der Waals surface area contributed by atoms with Gasteiger partial charge in [-0.25, -0.2) is 28.3 Å². The number of halogens is 2. The third-order valence-corrected chi connectivity index (χ3v) is 6.83. The van der Waals surface area contributed by atoms with E-state index >= 15 is 0 Å². The molecular weight excluding hydrogens is 596 g/mol. The molecule has 2 unspecified atom stereocenters. The highest BCUT2D eigenvalue weighted by molar-refractivity contribution is 5.90. The van der Waals surface area contributed by atoms with Crippen LogP contribution in [0.1, 0.15) is 0 Å². The Kier molecular flexibility index (Phi) is 8.37. The van der Waals surface area contributed by atoms with Crippen molar-refractivity contribution in [2.45, 2.75) is 12.2 Å². The Balaban J connectivity index is 0.000000163. The first kappa shape index (κ1) is 29.3. The molecule has 5 heterocycles. The van der Waals surface area contributed by atoms with Gasteiger partial charge in [-0.15, -0.1) is 0 Å². The Morgan fingerprint density at radius 1 is 0.822 bits per heavy atom. The SMILES string of the molecule is O=C1OC(CO)CN1c1ccc(-n2ccnc2)c(F)c1.O=C1OC(COc2ccon2)CN1c1ccc(-n2ccnc2)c(F)c1. The van der Waals surface area contributed by atoms with E-state index in [1.165, 1.54) is 45.4 Å². The van der Waals surface area contributed by atoms with Crippen molar-refractivity contribution in [2.24, 2.45) is 0 Å². The predicted octanol–water partition coefficient (Wildman–Crippen LogP) is 3.73. The van der Waals surface area contributed by atoms with E-state index in [1.807, 2.05) is 0 Å². The predicted molar refractivity (Wildman–Crippen MR) is 151 cm³/mol. The highest BCUT2D eigenvalue weighted by atomic mass is 19.1. The standard InChI is InChI=1S/C16H13FN4O4.C13H12FN3O3/c17-13-7-11(1-2-14(13)20-5-4-18-10-20)21-8-12(25-16(21)22)9-23-15-3-6-24-19-15;14-11-5-9(17-6-10(7-18)20-13(17)19)1-2-12(11)16-4-3-15-8-16/h1-7,10,12H,8-9H2;1-5,8,10,18H,6-7H2. The number of benzene rings is 2. The zero-order valence-corrected chi connectivity index (χ0v) is 23.3. The summed E-state index contributed by atoms with van der Waals surface area (Å²) < 4.78 is 51.7. The maximum absolute atomic E-state index is 14.4. The Hall–Kier alpha value is -5.77. The number of ether oxygens (including phenoxy) is 3. The molecule has 0 spiro atoms. The van der Waals surface area contributed by atoms with Crippen LogP contribution in [0.15, 0.2) is 90.7 Å². The van der Waals surface area contributed by atoms with Crippen molar-refractivity contribution >= 4 is 23.6 Å². The minimum atomic E-state index is -0.584. The number of aliphatic hydroxyl groups is 1. The molecule has 14 nitrogen and oxygen atoms in total. The van der Waals surface area contributed by atoms with Gasteiger partial charge in [-0.3, -0.25) is 9.80 Å². The molecule has 0 radical (unpaired) electrons. The minimum Gasteiger partial charge on any atom is -0.471 e. The Labute approximate surface area is 253 Å². The molecule has 2 aliphatic heterocycles. The number of hydrogen-bond acceptors (Lipinski definition) is 10. The van der Waals surface area contributed by atoms with E-state index in [1.54, 1.807) is 59.7 Å². The minimum absolute atomic E-state index is 0.129. The summed E-state index contributed by atoms with van der Waals surface area (Å²) in [6.45, 7) is 0.335. The third-order valence-electron chi connectivity index (χ3n) is 6.83. The highest BCUT2D eigenvalue weighted by Crippen LogP contribution is 2.27. The molecule has 45 heavy (non-hydrogen) atoms. The number of anilines is 2. The smallest absolute Gasteiger partial charge is 0.414 e. The van der Waals surface area contributed by atoms with Crippen molar-refractivity contribution in [3.8, 4) is 17.3 Å². The molecule has 0 bridgehead atoms. The molecule has 1 N–H and O–H groups in total. The van der Waals surface area contributed by atoms with Gasteiger partial charge in [0.05, 0.1) is 55.1 Å². The fourth-order valence-electron chi connectivity index (χ4n) is 4.65. The van der Waals surface area contributed by atoms with Gasteiger partial charge < -0.3 is 33.0 Å². The second-order valence-corrected chi connectivity index (χ2v) is 9.78. The molecule has 2 atom stereocenters. The lowest BCUT2D eigenvalue weighted by Gasteiger charge is -2.14. The Morgan fingerprint density at radius 2 is 1.38 bits per heavy atom. The number of carbonyl (C=O) groups is 2. The van der Waals surface area contributed by atoms with Crippen molar-refractivity contribution in [2.75, 3.05) is 36.1 Å². The highest BCUT2D eigenvalue weighted by Gasteiger charge is 2.34. The normalized spacial score (nSPS) is 17.6. The summed E-state index contributed by atoms with van der Waals surface area (Å²) in [4.78, 5) is 34.1. The number of aliphatic hydroxyl groups excluding tert-OH is 1. The van der Waals surface area contributed by atoms with Gasteiger partial charge in [0.15, 0.2) is 6.10 Å². The molecule has 2 saturated heterocycles. The first-order valence-corrected chi connectivity index (χ1v) is 13.6. The average molecular weight is 622 g/mol. The lowest BCUT2D eigenvalue weighted by molar-refractivity contribution is 0.0963. The summed E-state index contributed by atoms with van der Waals surface area (Å²) in [5.74, 6) is -0.628. The lowest BCUT2D eigenvalue weighted by Crippen LogP contribution is -2.26. The van der Waals surface area contributed by atoms with Gasteiger partial charge in [0, 0.05) is 30.9 Å². The summed E-state index contributed by atoms with van der Waals surface area (Å²) in [7, 11) is 0. The maximum Gasteiger partial charge on any atom is 0.414 e. The van der Waals surface area contributed by atoms with Crippen LogP contribution in [-0.4, -0.2) is 80.1 Å². The van der Waals surface area contributed by atoms with Crippen LogP contribution in [0.4, 0.5) is 29.7 Å². The number of rotatable bonds is 8. The van der Waals surface area contributed by atoms with Crippen LogP contribution in [0.25, 0.3) is 11.4 Å². The average Bonchev–Trinajstić information content (AvgIpc) is 3.88. The van der Waals surface area contributed by atoms with E-state index in [0.29, 0.717) is 28.6 Å². The third kappa shape index (κ3) is 6.45. The molecule has 2 aromatic carbocycles. The maximum atomic E-state index is 14.4. The monoisotopic (exact) mass is 621 g/mol. The van der Waals surface area contributed by atoms with Gasteiger partial charge in [0.25, 0.3) is 5.88 Å². The van der Waals surface area contributed by atoms with E-state index in [4.69, 9.17) is 19.3 Å². The molecule has 3 aromatic heterocycles. The van der Waals surface area contributed by atoms with Gasteiger partial charge in [-0.2, -0.15) is 0 Å². The van der Waals surface area contributed by atoms with Crippen molar-refractivity contribution in [3.63, 3.8) is 0 Å². The molecule has 16 heteroatoms. The molecule has 2 fully saturated rings. The van der Waals surface area contributed by atoms with Crippen LogP contribution in [-0.2, 0) is 9.47 Å². The van der Waals surface area contributed by atoms with Gasteiger partial charge in [0.2, 0.25) is 0 Å². The number of aromatic nitrogens is 5. The van der Waals surface area contributed by atoms with E-state index < -0.39 is 36.0 Å². The first-order valence-electron chi connectivity index (χ1n) is 13.6. The van der Waals surface area contributed by atoms with Gasteiger partial charge in [0.1, 0.15) is 30.6 Å². The Bertz CT molecular complexity index is 1750. The fourth-order valence-corrected chi connectivity index (χ4v) is 4.65. The van der Waals surface area contributed by atoms with Gasteiger partial charge in [-0.1, -0.05) is 0 Å². The van der Waals surface area contributed by atoms with Crippen molar-refractivity contribution in [1.29, 1.82) is 0 Å². The number of cyclic esters (lactones) is 2. The van der Waals surface area contributed by atoms with Crippen LogP contribution in [0, 0.1) is 11.6 Å². The zero-order valence-electron chi connectivity index (χ0n) is 23.3. The molecule has 2 aliphatic rings. The number of imidazole rings is 2. The van der Waals surface area contributed by atoms with E-state index in [-0.39, 0.29) is 26.3 Å². The summed E-state index contributed by atoms with van der Waals surface area (Å²) in [5, 5.41) is 12.6. The van der Waals surface area contributed by atoms with Crippen LogP contribution in [0.3, 0.4) is 0 Å². The second-order valence-electron chi connectivity index (χ2n) is 9.78. The van der Waals surface area contributed by atoms with Crippen LogP contribution in [0.2, 0.25) is 0 Å². The van der Waals surface area contributed by atoms with Crippen LogP contribution in [0.5, 0.6) is 5.88 Å². The molecule has 5 aromatic rings. The summed E-state index contributed by atoms with van der Waals surface area (Å²) in [6.07, 6.45) is 8.56. The van der Waals surface area contributed by atoms with E-state index in [9.17, 15) is 18.4 Å². The van der Waals surface area contributed by atoms with E-state index in [0.717, 1.165) is 0 Å². The molecule has 0 aliphatic carbocycles. The molecular formula is C29H25F2N7O7. The lowest BCUT2D eigenvalue weighted by atomic mass is 10.2. The second kappa shape index (κ2) is 12.8. The number of hydrogen-bond donors (Lipinski definition) is 1. The van der Waals surface area contributed by atoms with Crippen molar-refractivity contribution in [1.82, 2.24) is 24.3 Å². The largest absolute Gasteiger partial charge is 0.471 e. The summed E-state index contributed by atoms with van der Waals surface area (Å²) in [6, 6.07) is 10.5. The number of amides is 2. The topological polar surface area (TPSA) is 150 Å². The number of nitrogens with zero attached hydrogens (tertiary/aromatic N) is 7. The summed E-state index contributed by atoms with van der Waals surface area (Å²) >= 11 is 0.